The lowest BCUT2D eigenvalue weighted by atomic mass is 10.1. The molecule has 0 radical (unpaired) electrons. The van der Waals surface area contributed by atoms with E-state index in [1.165, 1.54) is 0 Å². The van der Waals surface area contributed by atoms with Crippen LogP contribution >= 0.6 is 0 Å². The third-order valence-electron chi connectivity index (χ3n) is 4.18. The summed E-state index contributed by atoms with van der Waals surface area (Å²) in [7, 11) is 0. The van der Waals surface area contributed by atoms with Gasteiger partial charge in [-0.25, -0.2) is 4.99 Å². The minimum Gasteiger partial charge on any atom is -0.326 e. The number of carbonyl (C=O) groups is 1. The molecule has 3 rings (SSSR count). The number of anilines is 1. The van der Waals surface area contributed by atoms with Gasteiger partial charge in [-0.15, -0.1) is 0 Å². The van der Waals surface area contributed by atoms with Gasteiger partial charge in [0.15, 0.2) is 0 Å². The van der Waals surface area contributed by atoms with Crippen LogP contribution in [0.5, 0.6) is 0 Å². The number of hydrogen-bond acceptors (Lipinski definition) is 3. The summed E-state index contributed by atoms with van der Waals surface area (Å²) in [4.78, 5) is 21.3. The van der Waals surface area contributed by atoms with Crippen molar-refractivity contribution in [1.29, 1.82) is 0 Å². The Kier molecular flexibility index (Phi) is 5.94. The van der Waals surface area contributed by atoms with Gasteiger partial charge in [0.25, 0.3) is 5.91 Å². The predicted molar refractivity (Wildman–Crippen MR) is 109 cm³/mol. The summed E-state index contributed by atoms with van der Waals surface area (Å²) in [6.45, 7) is 4.43. The number of nitrogens with zero attached hydrogens (tertiary/aromatic N) is 2. The van der Waals surface area contributed by atoms with Crippen LogP contribution in [0.3, 0.4) is 0 Å². The quantitative estimate of drug-likeness (QED) is 0.545. The molecule has 1 heterocycles. The second-order valence-electron chi connectivity index (χ2n) is 6.27. The lowest BCUT2D eigenvalue weighted by Gasteiger charge is -2.12. The van der Waals surface area contributed by atoms with E-state index in [9.17, 15) is 4.79 Å². The number of para-hydroxylation sites is 1. The van der Waals surface area contributed by atoms with Gasteiger partial charge in [-0.05, 0) is 60.9 Å². The molecule has 0 spiro atoms. The molecule has 0 aliphatic rings. The first kappa shape index (κ1) is 18.3. The third-order valence-corrected chi connectivity index (χ3v) is 4.18. The molecule has 5 heteroatoms. The Hall–Kier alpha value is -3.47. The van der Waals surface area contributed by atoms with E-state index in [0.29, 0.717) is 18.1 Å². The highest BCUT2D eigenvalue weighted by molar-refractivity contribution is 6.10. The van der Waals surface area contributed by atoms with Gasteiger partial charge in [0, 0.05) is 23.6 Å². The van der Waals surface area contributed by atoms with Crippen molar-refractivity contribution in [2.24, 2.45) is 4.99 Å². The number of carbonyl (C=O) groups excluding carboxylic acids is 1. The average Bonchev–Trinajstić information content (AvgIpc) is 2.70. The summed E-state index contributed by atoms with van der Waals surface area (Å²) in [5.41, 5.74) is 4.64. The summed E-state index contributed by atoms with van der Waals surface area (Å²) in [6, 6.07) is 19.1. The number of amides is 1. The van der Waals surface area contributed by atoms with Crippen LogP contribution in [-0.4, -0.2) is 16.9 Å². The predicted octanol–water partition coefficient (Wildman–Crippen LogP) is 4.10. The molecule has 0 saturated heterocycles. The maximum atomic E-state index is 12.7. The number of aromatic nitrogens is 1. The number of nitrogens with one attached hydrogen (secondary N) is 2. The SMILES string of the molecule is Cc1ccc(C(=O)NC(=NCc2cccnc2)Nc2ccccc2)cc1C. The molecule has 0 aliphatic carbocycles. The van der Waals surface area contributed by atoms with Crippen LogP contribution in [0.15, 0.2) is 78.0 Å². The molecule has 1 amide bonds. The zero-order chi connectivity index (χ0) is 19.1. The van der Waals surface area contributed by atoms with E-state index in [0.717, 1.165) is 22.4 Å². The van der Waals surface area contributed by atoms with Crippen molar-refractivity contribution >= 4 is 17.6 Å². The molecule has 5 nitrogen and oxygen atoms in total. The highest BCUT2D eigenvalue weighted by Crippen LogP contribution is 2.10. The Labute approximate surface area is 159 Å². The van der Waals surface area contributed by atoms with Gasteiger partial charge in [0.2, 0.25) is 5.96 Å². The smallest absolute Gasteiger partial charge is 0.257 e. The first-order valence-electron chi connectivity index (χ1n) is 8.76. The minimum absolute atomic E-state index is 0.202. The van der Waals surface area contributed by atoms with Gasteiger partial charge in [-0.3, -0.25) is 15.1 Å². The summed E-state index contributed by atoms with van der Waals surface area (Å²) in [6.07, 6.45) is 3.48. The minimum atomic E-state index is -0.202. The lowest BCUT2D eigenvalue weighted by molar-refractivity contribution is 0.0977. The molecule has 0 bridgehead atoms. The third kappa shape index (κ3) is 5.25. The fraction of sp³-hybridized carbons (Fsp3) is 0.136. The van der Waals surface area contributed by atoms with Crippen molar-refractivity contribution in [3.05, 3.63) is 95.3 Å². The number of aryl methyl sites for hydroxylation is 2. The first-order valence-corrected chi connectivity index (χ1v) is 8.76. The maximum Gasteiger partial charge on any atom is 0.257 e. The van der Waals surface area contributed by atoms with E-state index >= 15 is 0 Å². The van der Waals surface area contributed by atoms with Gasteiger partial charge in [0.05, 0.1) is 6.54 Å². The van der Waals surface area contributed by atoms with Gasteiger partial charge in [0.1, 0.15) is 0 Å². The topological polar surface area (TPSA) is 66.4 Å². The molecule has 136 valence electrons. The molecule has 2 aromatic carbocycles. The first-order chi connectivity index (χ1) is 13.1. The maximum absolute atomic E-state index is 12.7. The fourth-order valence-corrected chi connectivity index (χ4v) is 2.49. The largest absolute Gasteiger partial charge is 0.326 e. The molecule has 1 aromatic heterocycles. The zero-order valence-electron chi connectivity index (χ0n) is 15.4. The van der Waals surface area contributed by atoms with Crippen molar-refractivity contribution in [2.45, 2.75) is 20.4 Å². The van der Waals surface area contributed by atoms with Crippen molar-refractivity contribution in [3.8, 4) is 0 Å². The van der Waals surface area contributed by atoms with E-state index in [1.807, 2.05) is 74.5 Å². The van der Waals surface area contributed by atoms with Gasteiger partial charge in [-0.1, -0.05) is 30.3 Å². The molecule has 0 saturated carbocycles. The molecule has 2 N–H and O–H groups in total. The fourth-order valence-electron chi connectivity index (χ4n) is 2.49. The Morgan fingerprint density at radius 3 is 2.52 bits per heavy atom. The van der Waals surface area contributed by atoms with Crippen molar-refractivity contribution in [3.63, 3.8) is 0 Å². The standard InChI is InChI=1S/C22H22N4O/c1-16-10-11-19(13-17(16)2)21(27)26-22(25-20-8-4-3-5-9-20)24-15-18-7-6-12-23-14-18/h3-14H,15H2,1-2H3,(H2,24,25,26,27). The van der Waals surface area contributed by atoms with Crippen LogP contribution in [0, 0.1) is 13.8 Å². The van der Waals surface area contributed by atoms with Crippen molar-refractivity contribution < 1.29 is 4.79 Å². The van der Waals surface area contributed by atoms with E-state index < -0.39 is 0 Å². The van der Waals surface area contributed by atoms with Crippen LogP contribution in [0.4, 0.5) is 5.69 Å². The zero-order valence-corrected chi connectivity index (χ0v) is 15.4. The summed E-state index contributed by atoms with van der Waals surface area (Å²) in [5.74, 6) is 0.194. The summed E-state index contributed by atoms with van der Waals surface area (Å²) < 4.78 is 0. The summed E-state index contributed by atoms with van der Waals surface area (Å²) in [5, 5.41) is 6.05. The molecule has 27 heavy (non-hydrogen) atoms. The second-order valence-corrected chi connectivity index (χ2v) is 6.27. The van der Waals surface area contributed by atoms with E-state index in [2.05, 4.69) is 20.6 Å². The molecule has 0 fully saturated rings. The number of guanidine groups is 1. The highest BCUT2D eigenvalue weighted by Gasteiger charge is 2.10. The lowest BCUT2D eigenvalue weighted by Crippen LogP contribution is -2.36. The monoisotopic (exact) mass is 358 g/mol. The number of aliphatic imine (C=N–C) groups is 1. The van der Waals surface area contributed by atoms with Gasteiger partial charge >= 0.3 is 0 Å². The molecule has 0 atom stereocenters. The number of benzene rings is 2. The van der Waals surface area contributed by atoms with Crippen LogP contribution in [0.2, 0.25) is 0 Å². The Balaban J connectivity index is 1.79. The average molecular weight is 358 g/mol. The van der Waals surface area contributed by atoms with Gasteiger partial charge < -0.3 is 5.32 Å². The van der Waals surface area contributed by atoms with Crippen molar-refractivity contribution in [2.75, 3.05) is 5.32 Å². The highest BCUT2D eigenvalue weighted by atomic mass is 16.1. The Bertz CT molecular complexity index is 937. The molecular formula is C22H22N4O. The Morgan fingerprint density at radius 2 is 1.81 bits per heavy atom. The van der Waals surface area contributed by atoms with Crippen LogP contribution < -0.4 is 10.6 Å². The number of rotatable bonds is 4. The number of pyridine rings is 1. The molecule has 3 aromatic rings. The normalized spacial score (nSPS) is 11.1. The molecule has 0 unspecified atom stereocenters. The van der Waals surface area contributed by atoms with Crippen LogP contribution in [0.1, 0.15) is 27.0 Å². The van der Waals surface area contributed by atoms with Crippen LogP contribution in [0.25, 0.3) is 0 Å². The van der Waals surface area contributed by atoms with Crippen molar-refractivity contribution in [1.82, 2.24) is 10.3 Å². The van der Waals surface area contributed by atoms with E-state index in [1.54, 1.807) is 12.4 Å². The second kappa shape index (κ2) is 8.76. The molecular weight excluding hydrogens is 336 g/mol. The van der Waals surface area contributed by atoms with E-state index in [-0.39, 0.29) is 5.91 Å². The number of hydrogen-bond donors (Lipinski definition) is 2. The van der Waals surface area contributed by atoms with Gasteiger partial charge in [-0.2, -0.15) is 0 Å². The Morgan fingerprint density at radius 1 is 1.00 bits per heavy atom. The molecule has 0 aliphatic heterocycles. The van der Waals surface area contributed by atoms with Crippen LogP contribution in [-0.2, 0) is 6.54 Å². The summed E-state index contributed by atoms with van der Waals surface area (Å²) >= 11 is 0. The van der Waals surface area contributed by atoms with E-state index in [4.69, 9.17) is 0 Å².